The van der Waals surface area contributed by atoms with Gasteiger partial charge in [-0.05, 0) is 56.8 Å². The zero-order chi connectivity index (χ0) is 18.9. The first-order valence-electron chi connectivity index (χ1n) is 9.00. The predicted molar refractivity (Wildman–Crippen MR) is 107 cm³/mol. The smallest absolute Gasteiger partial charge is 0.341 e. The van der Waals surface area contributed by atoms with E-state index in [1.165, 1.54) is 12.0 Å². The third-order valence-electron chi connectivity index (χ3n) is 4.20. The molecule has 0 saturated carbocycles. The van der Waals surface area contributed by atoms with Gasteiger partial charge in [-0.15, -0.1) is 11.3 Å². The molecule has 0 atom stereocenters. The Bertz CT molecular complexity index is 658. The zero-order valence-electron chi connectivity index (χ0n) is 15.3. The van der Waals surface area contributed by atoms with Gasteiger partial charge in [0, 0.05) is 17.8 Å². The van der Waals surface area contributed by atoms with Gasteiger partial charge < -0.3 is 20.1 Å². The molecule has 1 heterocycles. The number of fused-ring (bicyclic) bond motifs is 1. The molecule has 2 rings (SSSR count). The maximum atomic E-state index is 12.3. The van der Waals surface area contributed by atoms with Crippen molar-refractivity contribution in [2.75, 3.05) is 25.6 Å². The first-order valence-corrected chi connectivity index (χ1v) is 10.2. The minimum absolute atomic E-state index is 0.174. The average molecular weight is 399 g/mol. The van der Waals surface area contributed by atoms with Crippen LogP contribution in [0, 0.1) is 0 Å². The van der Waals surface area contributed by atoms with Gasteiger partial charge in [0.25, 0.3) is 0 Å². The normalized spacial score (nSPS) is 12.4. The van der Waals surface area contributed by atoms with Crippen LogP contribution in [0.1, 0.15) is 59.8 Å². The Kier molecular flexibility index (Phi) is 8.31. The van der Waals surface area contributed by atoms with Crippen LogP contribution in [-0.4, -0.2) is 37.3 Å². The summed E-state index contributed by atoms with van der Waals surface area (Å²) in [4.78, 5) is 24.6. The number of unbranched alkanes of at least 4 members (excludes halogenated alkanes) is 2. The highest BCUT2D eigenvalue weighted by molar-refractivity contribution is 7.80. The van der Waals surface area contributed by atoms with Crippen LogP contribution < -0.4 is 10.6 Å². The molecule has 0 aliphatic heterocycles. The Morgan fingerprint density at radius 1 is 1.23 bits per heavy atom. The fourth-order valence-corrected chi connectivity index (χ4v) is 4.48. The Balaban J connectivity index is 1.82. The largest absolute Gasteiger partial charge is 0.469 e. The molecule has 0 unspecified atom stereocenters. The zero-order valence-corrected chi connectivity index (χ0v) is 16.9. The SMILES string of the molecule is CCOC(=O)c1c(NC(=S)NCCCCCC(=O)OC)sc2c1CCC2. The van der Waals surface area contributed by atoms with Crippen LogP contribution in [0.4, 0.5) is 5.00 Å². The molecule has 1 aromatic rings. The lowest BCUT2D eigenvalue weighted by atomic mass is 10.1. The Morgan fingerprint density at radius 2 is 2.04 bits per heavy atom. The first-order chi connectivity index (χ1) is 12.6. The van der Waals surface area contributed by atoms with Gasteiger partial charge in [0.15, 0.2) is 5.11 Å². The molecule has 26 heavy (non-hydrogen) atoms. The van der Waals surface area contributed by atoms with E-state index in [1.54, 1.807) is 11.3 Å². The van der Waals surface area contributed by atoms with Gasteiger partial charge in [0.1, 0.15) is 5.00 Å². The Labute approximate surface area is 163 Å². The van der Waals surface area contributed by atoms with Crippen molar-refractivity contribution in [1.82, 2.24) is 5.32 Å². The number of hydrogen-bond donors (Lipinski definition) is 2. The van der Waals surface area contributed by atoms with E-state index in [-0.39, 0.29) is 11.9 Å². The minimum atomic E-state index is -0.278. The monoisotopic (exact) mass is 398 g/mol. The van der Waals surface area contributed by atoms with Gasteiger partial charge >= 0.3 is 11.9 Å². The van der Waals surface area contributed by atoms with Crippen molar-refractivity contribution in [1.29, 1.82) is 0 Å². The number of thiophene rings is 1. The van der Waals surface area contributed by atoms with Gasteiger partial charge in [-0.3, -0.25) is 4.79 Å². The van der Waals surface area contributed by atoms with E-state index in [1.807, 2.05) is 6.92 Å². The van der Waals surface area contributed by atoms with E-state index in [9.17, 15) is 9.59 Å². The quantitative estimate of drug-likeness (QED) is 0.375. The Morgan fingerprint density at radius 3 is 2.77 bits per heavy atom. The molecular formula is C18H26N2O4S2. The number of carbonyl (C=O) groups excluding carboxylic acids is 2. The summed E-state index contributed by atoms with van der Waals surface area (Å²) in [6.45, 7) is 2.88. The number of rotatable bonds is 9. The molecule has 0 spiro atoms. The number of carbonyl (C=O) groups is 2. The van der Waals surface area contributed by atoms with Crippen LogP contribution in [0.25, 0.3) is 0 Å². The van der Waals surface area contributed by atoms with Crippen LogP contribution >= 0.6 is 23.6 Å². The molecule has 1 aromatic heterocycles. The van der Waals surface area contributed by atoms with Crippen molar-refractivity contribution in [3.63, 3.8) is 0 Å². The number of methoxy groups -OCH3 is 1. The van der Waals surface area contributed by atoms with E-state index < -0.39 is 0 Å². The number of esters is 2. The maximum absolute atomic E-state index is 12.3. The molecule has 6 nitrogen and oxygen atoms in total. The predicted octanol–water partition coefficient (Wildman–Crippen LogP) is 3.43. The highest BCUT2D eigenvalue weighted by Crippen LogP contribution is 2.39. The van der Waals surface area contributed by atoms with Gasteiger partial charge in [-0.2, -0.15) is 0 Å². The van der Waals surface area contributed by atoms with Crippen LogP contribution in [0.2, 0.25) is 0 Å². The van der Waals surface area contributed by atoms with E-state index in [4.69, 9.17) is 17.0 Å². The average Bonchev–Trinajstić information content (AvgIpc) is 3.18. The second-order valence-electron chi connectivity index (χ2n) is 6.05. The number of hydrogen-bond acceptors (Lipinski definition) is 6. The summed E-state index contributed by atoms with van der Waals surface area (Å²) < 4.78 is 9.83. The summed E-state index contributed by atoms with van der Waals surface area (Å²) in [6.07, 6.45) is 6.09. The minimum Gasteiger partial charge on any atom is -0.469 e. The summed E-state index contributed by atoms with van der Waals surface area (Å²) in [5.74, 6) is -0.451. The van der Waals surface area contributed by atoms with Crippen molar-refractivity contribution < 1.29 is 19.1 Å². The van der Waals surface area contributed by atoms with Crippen molar-refractivity contribution in [2.24, 2.45) is 0 Å². The summed E-state index contributed by atoms with van der Waals surface area (Å²) in [7, 11) is 1.40. The highest BCUT2D eigenvalue weighted by atomic mass is 32.1. The highest BCUT2D eigenvalue weighted by Gasteiger charge is 2.27. The molecule has 1 aliphatic rings. The second kappa shape index (κ2) is 10.5. The van der Waals surface area contributed by atoms with Crippen LogP contribution in [0.3, 0.4) is 0 Å². The van der Waals surface area contributed by atoms with Crippen LogP contribution in [0.15, 0.2) is 0 Å². The molecule has 144 valence electrons. The number of aryl methyl sites for hydroxylation is 1. The molecule has 0 fully saturated rings. The lowest BCUT2D eigenvalue weighted by Crippen LogP contribution is -2.29. The molecule has 1 aliphatic carbocycles. The number of ether oxygens (including phenoxy) is 2. The lowest BCUT2D eigenvalue weighted by Gasteiger charge is -2.11. The van der Waals surface area contributed by atoms with Crippen LogP contribution in [0.5, 0.6) is 0 Å². The summed E-state index contributed by atoms with van der Waals surface area (Å²) in [6, 6.07) is 0. The van der Waals surface area contributed by atoms with Gasteiger partial charge in [-0.25, -0.2) is 4.79 Å². The van der Waals surface area contributed by atoms with Crippen LogP contribution in [-0.2, 0) is 27.1 Å². The molecule has 0 amide bonds. The summed E-state index contributed by atoms with van der Waals surface area (Å²) >= 11 is 6.94. The third kappa shape index (κ3) is 5.67. The van der Waals surface area contributed by atoms with E-state index in [0.717, 1.165) is 49.1 Å². The molecule has 8 heteroatoms. The molecule has 0 saturated heterocycles. The molecule has 0 bridgehead atoms. The van der Waals surface area contributed by atoms with Crippen molar-refractivity contribution in [3.05, 3.63) is 16.0 Å². The van der Waals surface area contributed by atoms with E-state index in [2.05, 4.69) is 15.4 Å². The van der Waals surface area contributed by atoms with Gasteiger partial charge in [0.2, 0.25) is 0 Å². The topological polar surface area (TPSA) is 76.7 Å². The van der Waals surface area contributed by atoms with E-state index in [0.29, 0.717) is 30.2 Å². The van der Waals surface area contributed by atoms with Crippen molar-refractivity contribution in [2.45, 2.75) is 51.9 Å². The second-order valence-corrected chi connectivity index (χ2v) is 7.56. The summed E-state index contributed by atoms with van der Waals surface area (Å²) in [5, 5.41) is 7.59. The van der Waals surface area contributed by atoms with Crippen molar-refractivity contribution >= 4 is 45.6 Å². The standard InChI is InChI=1S/C18H26N2O4S2/c1-3-24-17(22)15-12-8-7-9-13(12)26-16(15)20-18(25)19-11-6-4-5-10-14(21)23-2/h3-11H2,1-2H3,(H2,19,20,25). The molecular weight excluding hydrogens is 372 g/mol. The maximum Gasteiger partial charge on any atom is 0.341 e. The number of nitrogens with one attached hydrogen (secondary N) is 2. The molecule has 0 aromatic carbocycles. The van der Waals surface area contributed by atoms with Gasteiger partial charge in [0.05, 0.1) is 19.3 Å². The van der Waals surface area contributed by atoms with Gasteiger partial charge in [-0.1, -0.05) is 6.42 Å². The summed E-state index contributed by atoms with van der Waals surface area (Å²) in [5.41, 5.74) is 1.76. The third-order valence-corrected chi connectivity index (χ3v) is 5.65. The first kappa shape index (κ1) is 20.6. The lowest BCUT2D eigenvalue weighted by molar-refractivity contribution is -0.140. The Hall–Kier alpha value is -1.67. The molecule has 2 N–H and O–H groups in total. The van der Waals surface area contributed by atoms with Crippen molar-refractivity contribution in [3.8, 4) is 0 Å². The van der Waals surface area contributed by atoms with E-state index >= 15 is 0 Å². The molecule has 0 radical (unpaired) electrons. The fourth-order valence-electron chi connectivity index (χ4n) is 2.93. The number of anilines is 1. The fraction of sp³-hybridized carbons (Fsp3) is 0.611. The number of thiocarbonyl (C=S) groups is 1.